The molecule has 0 aromatic carbocycles. The molecule has 24 heavy (non-hydrogen) atoms. The molecule has 0 fully saturated rings. The summed E-state index contributed by atoms with van der Waals surface area (Å²) in [5.41, 5.74) is 1.34. The van der Waals surface area contributed by atoms with Crippen LogP contribution < -0.4 is 0 Å². The minimum absolute atomic E-state index is 1.01. The van der Waals surface area contributed by atoms with Crippen molar-refractivity contribution in [1.29, 1.82) is 0 Å². The van der Waals surface area contributed by atoms with Crippen LogP contribution in [0.1, 0.15) is 5.56 Å². The van der Waals surface area contributed by atoms with Crippen LogP contribution in [0.5, 0.6) is 0 Å². The maximum absolute atomic E-state index is 4.10. The van der Waals surface area contributed by atoms with Crippen molar-refractivity contribution in [2.75, 3.05) is 17.8 Å². The fraction of sp³-hybridized carbons (Fsp3) is 0.267. The Morgan fingerprint density at radius 3 is 2.17 bits per heavy atom. The highest BCUT2D eigenvalue weighted by Gasteiger charge is 2.31. The zero-order valence-electron chi connectivity index (χ0n) is 12.6. The molecule has 0 radical (unpaired) electrons. The van der Waals surface area contributed by atoms with Crippen molar-refractivity contribution < 1.29 is 0 Å². The number of rotatable bonds is 4. The van der Waals surface area contributed by atoms with Crippen molar-refractivity contribution in [3.63, 3.8) is 0 Å². The SMILES string of the molecule is CSC1=C(SCc2ccncc2)SC(=C2SC3=C(SCCS3)S2)S1. The Bertz CT molecular complexity index is 704. The number of pyridine rings is 1. The number of aromatic nitrogens is 1. The third kappa shape index (κ3) is 4.35. The van der Waals surface area contributed by atoms with E-state index in [4.69, 9.17) is 0 Å². The molecule has 4 rings (SSSR count). The van der Waals surface area contributed by atoms with Crippen LogP contribution >= 0.6 is 94.1 Å². The van der Waals surface area contributed by atoms with Crippen LogP contribution in [0.4, 0.5) is 0 Å². The summed E-state index contributed by atoms with van der Waals surface area (Å²) in [5.74, 6) is 3.52. The van der Waals surface area contributed by atoms with Crippen LogP contribution in [0.3, 0.4) is 0 Å². The predicted molar refractivity (Wildman–Crippen MR) is 125 cm³/mol. The Morgan fingerprint density at radius 2 is 1.50 bits per heavy atom. The van der Waals surface area contributed by atoms with Crippen LogP contribution in [-0.4, -0.2) is 22.7 Å². The largest absolute Gasteiger partial charge is 0.265 e. The standard InChI is InChI=1S/C15H13NS8/c1-17-10-11(20-8-9-2-4-16-5-3-9)22-14(21-10)15-23-12-13(24-15)19-7-6-18-12/h2-5H,6-8H2,1H3. The van der Waals surface area contributed by atoms with Crippen LogP contribution in [0.25, 0.3) is 0 Å². The third-order valence-electron chi connectivity index (χ3n) is 3.10. The molecule has 1 aromatic rings. The van der Waals surface area contributed by atoms with Crippen LogP contribution in [-0.2, 0) is 5.75 Å². The zero-order chi connectivity index (χ0) is 16.4. The molecule has 126 valence electrons. The van der Waals surface area contributed by atoms with Gasteiger partial charge in [-0.15, -0.1) is 47.0 Å². The summed E-state index contributed by atoms with van der Waals surface area (Å²) in [4.78, 5) is 4.10. The first-order chi connectivity index (χ1) is 11.8. The Hall–Kier alpha value is 1.17. The summed E-state index contributed by atoms with van der Waals surface area (Å²) in [5, 5.41) is 0. The Labute approximate surface area is 176 Å². The molecule has 3 aliphatic rings. The molecule has 0 saturated heterocycles. The van der Waals surface area contributed by atoms with Gasteiger partial charge in [0.25, 0.3) is 0 Å². The second kappa shape index (κ2) is 8.91. The van der Waals surface area contributed by atoms with E-state index in [1.54, 1.807) is 0 Å². The highest BCUT2D eigenvalue weighted by atomic mass is 32.3. The average Bonchev–Trinajstić information content (AvgIpc) is 3.24. The maximum Gasteiger partial charge on any atom is 0.0717 e. The monoisotopic (exact) mass is 463 g/mol. The number of hydrogen-bond donors (Lipinski definition) is 0. The molecule has 0 spiro atoms. The van der Waals surface area contributed by atoms with Crippen molar-refractivity contribution >= 4 is 94.1 Å². The minimum atomic E-state index is 1.01. The van der Waals surface area contributed by atoms with E-state index >= 15 is 0 Å². The Balaban J connectivity index is 1.44. The first-order valence-corrected chi connectivity index (χ1v) is 14.5. The third-order valence-corrected chi connectivity index (χ3v) is 14.8. The fourth-order valence-electron chi connectivity index (χ4n) is 2.00. The highest BCUT2D eigenvalue weighted by molar-refractivity contribution is 8.45. The predicted octanol–water partition coefficient (Wildman–Crippen LogP) is 7.50. The van der Waals surface area contributed by atoms with E-state index in [1.165, 1.54) is 42.5 Å². The Kier molecular flexibility index (Phi) is 6.88. The maximum atomic E-state index is 4.10. The van der Waals surface area contributed by atoms with E-state index in [2.05, 4.69) is 23.4 Å². The quantitative estimate of drug-likeness (QED) is 0.446. The summed E-state index contributed by atoms with van der Waals surface area (Å²) >= 11 is 15.8. The van der Waals surface area contributed by atoms with Gasteiger partial charge in [0.2, 0.25) is 0 Å². The van der Waals surface area contributed by atoms with Gasteiger partial charge >= 0.3 is 0 Å². The van der Waals surface area contributed by atoms with Crippen molar-refractivity contribution in [3.05, 3.63) is 55.5 Å². The van der Waals surface area contributed by atoms with Gasteiger partial charge in [-0.3, -0.25) is 4.98 Å². The lowest BCUT2D eigenvalue weighted by molar-refractivity contribution is 1.27. The summed E-state index contributed by atoms with van der Waals surface area (Å²) in [6.45, 7) is 0. The second-order valence-corrected chi connectivity index (χ2v) is 14.3. The number of nitrogens with zero attached hydrogens (tertiary/aromatic N) is 1. The Morgan fingerprint density at radius 1 is 0.875 bits per heavy atom. The summed E-state index contributed by atoms with van der Waals surface area (Å²) in [6, 6.07) is 4.21. The highest BCUT2D eigenvalue weighted by Crippen LogP contribution is 2.66. The smallest absolute Gasteiger partial charge is 0.0717 e. The minimum Gasteiger partial charge on any atom is -0.265 e. The molecule has 9 heteroatoms. The van der Waals surface area contributed by atoms with E-state index in [0.29, 0.717) is 0 Å². The first kappa shape index (κ1) is 18.5. The summed E-state index contributed by atoms with van der Waals surface area (Å²) in [6.07, 6.45) is 5.94. The van der Waals surface area contributed by atoms with Crippen LogP contribution in [0.15, 0.2) is 49.9 Å². The van der Waals surface area contributed by atoms with Gasteiger partial charge < -0.3 is 0 Å². The molecule has 0 bridgehead atoms. The lowest BCUT2D eigenvalue weighted by Gasteiger charge is -2.08. The van der Waals surface area contributed by atoms with Crippen molar-refractivity contribution in [1.82, 2.24) is 4.98 Å². The lowest BCUT2D eigenvalue weighted by Crippen LogP contribution is -1.88. The summed E-state index contributed by atoms with van der Waals surface area (Å²) in [7, 11) is 0. The van der Waals surface area contributed by atoms with Gasteiger partial charge in [-0.25, -0.2) is 0 Å². The van der Waals surface area contributed by atoms with E-state index in [1.807, 2.05) is 106 Å². The normalized spacial score (nSPS) is 21.0. The molecule has 0 amide bonds. The molecule has 0 atom stereocenters. The fourth-order valence-corrected chi connectivity index (χ4v) is 13.6. The molecular weight excluding hydrogens is 451 g/mol. The zero-order valence-corrected chi connectivity index (χ0v) is 19.2. The number of thioether (sulfide) groups is 8. The molecule has 1 aromatic heterocycles. The van der Waals surface area contributed by atoms with Gasteiger partial charge in [-0.1, -0.05) is 47.0 Å². The molecule has 0 saturated carbocycles. The van der Waals surface area contributed by atoms with Crippen molar-refractivity contribution in [2.45, 2.75) is 5.75 Å². The second-order valence-electron chi connectivity index (χ2n) is 4.68. The summed E-state index contributed by atoms with van der Waals surface area (Å²) < 4.78 is 8.93. The number of hydrogen-bond acceptors (Lipinski definition) is 9. The molecule has 0 aliphatic carbocycles. The van der Waals surface area contributed by atoms with Gasteiger partial charge in [-0.2, -0.15) is 0 Å². The van der Waals surface area contributed by atoms with Gasteiger partial charge in [0, 0.05) is 29.7 Å². The molecule has 3 aliphatic heterocycles. The van der Waals surface area contributed by atoms with Gasteiger partial charge in [0.15, 0.2) is 0 Å². The average molecular weight is 464 g/mol. The molecule has 0 unspecified atom stereocenters. The van der Waals surface area contributed by atoms with Gasteiger partial charge in [0.1, 0.15) is 0 Å². The van der Waals surface area contributed by atoms with Crippen LogP contribution in [0, 0.1) is 0 Å². The van der Waals surface area contributed by atoms with E-state index in [9.17, 15) is 0 Å². The molecule has 4 heterocycles. The first-order valence-electron chi connectivity index (χ1n) is 7.09. The van der Waals surface area contributed by atoms with Crippen molar-refractivity contribution in [2.24, 2.45) is 0 Å². The topological polar surface area (TPSA) is 12.9 Å². The van der Waals surface area contributed by atoms with Gasteiger partial charge in [-0.05, 0) is 24.0 Å². The lowest BCUT2D eigenvalue weighted by atomic mass is 10.3. The van der Waals surface area contributed by atoms with Gasteiger partial charge in [0.05, 0.1) is 25.4 Å². The van der Waals surface area contributed by atoms with E-state index in [-0.39, 0.29) is 0 Å². The molecule has 0 N–H and O–H groups in total. The molecular formula is C15H13NS8. The molecule has 1 nitrogen and oxygen atoms in total. The van der Waals surface area contributed by atoms with Crippen molar-refractivity contribution in [3.8, 4) is 0 Å². The van der Waals surface area contributed by atoms with E-state index in [0.717, 1.165) is 5.75 Å². The van der Waals surface area contributed by atoms with E-state index < -0.39 is 0 Å². The van der Waals surface area contributed by atoms with Crippen LogP contribution in [0.2, 0.25) is 0 Å².